The number of anilines is 1. The zero-order valence-corrected chi connectivity index (χ0v) is 19.9. The third kappa shape index (κ3) is 6.26. The monoisotopic (exact) mass is 472 g/mol. The molecule has 1 heterocycles. The number of amides is 2. The molecule has 1 aliphatic heterocycles. The first kappa shape index (κ1) is 24.4. The summed E-state index contributed by atoms with van der Waals surface area (Å²) in [5.41, 5.74) is 9.90. The Morgan fingerprint density at radius 2 is 1.57 bits per heavy atom. The molecule has 182 valence electrons. The molecule has 0 aliphatic carbocycles. The van der Waals surface area contributed by atoms with E-state index in [9.17, 15) is 9.59 Å². The molecule has 1 aliphatic rings. The number of nitrogens with one attached hydrogen (secondary N) is 1. The maximum absolute atomic E-state index is 13.3. The number of hydrogen-bond acceptors (Lipinski definition) is 5. The van der Waals surface area contributed by atoms with E-state index in [2.05, 4.69) is 10.3 Å². The number of rotatable bonds is 8. The molecular weight excluding hydrogens is 440 g/mol. The quantitative estimate of drug-likeness (QED) is 0.469. The molecular formula is C28H32N4O3. The van der Waals surface area contributed by atoms with Crippen LogP contribution in [0.2, 0.25) is 0 Å². The third-order valence-corrected chi connectivity index (χ3v) is 6.07. The van der Waals surface area contributed by atoms with Gasteiger partial charge in [-0.25, -0.2) is 14.8 Å². The summed E-state index contributed by atoms with van der Waals surface area (Å²) >= 11 is 0. The zero-order chi connectivity index (χ0) is 24.5. The topological polar surface area (TPSA) is 87.9 Å². The first-order valence-electron chi connectivity index (χ1n) is 12.1. The maximum atomic E-state index is 13.3. The van der Waals surface area contributed by atoms with Crippen LogP contribution in [-0.4, -0.2) is 43.3 Å². The molecule has 3 aromatic rings. The van der Waals surface area contributed by atoms with Gasteiger partial charge in [0.1, 0.15) is 6.61 Å². The Bertz CT molecular complexity index is 1110. The van der Waals surface area contributed by atoms with Gasteiger partial charge in [-0.1, -0.05) is 67.1 Å². The predicted molar refractivity (Wildman–Crippen MR) is 138 cm³/mol. The van der Waals surface area contributed by atoms with Crippen molar-refractivity contribution in [2.45, 2.75) is 25.8 Å². The molecule has 0 unspecified atom stereocenters. The molecule has 1 fully saturated rings. The Kier molecular flexibility index (Phi) is 8.48. The lowest BCUT2D eigenvalue weighted by atomic mass is 10.0. The van der Waals surface area contributed by atoms with E-state index in [4.69, 9.17) is 10.5 Å². The van der Waals surface area contributed by atoms with Crippen molar-refractivity contribution in [1.82, 2.24) is 10.3 Å². The van der Waals surface area contributed by atoms with Crippen LogP contribution in [0.3, 0.4) is 0 Å². The summed E-state index contributed by atoms with van der Waals surface area (Å²) in [5, 5.41) is 6.53. The lowest BCUT2D eigenvalue weighted by Crippen LogP contribution is -2.50. The third-order valence-electron chi connectivity index (χ3n) is 6.07. The molecule has 0 aromatic heterocycles. The molecule has 7 heteroatoms. The standard InChI is InChI=1S/C28H32N4O3/c29-21-22-13-15-24(16-14-22)27(33)30-17-20-35-28(34)32(31-18-7-2-8-19-31)26-12-6-5-11-25(26)23-9-3-1-4-10-23/h1,3-6,9-16H,2,7-8,17-21,29H2,(H,30,33). The van der Waals surface area contributed by atoms with Gasteiger partial charge >= 0.3 is 6.09 Å². The van der Waals surface area contributed by atoms with Crippen LogP contribution in [0.15, 0.2) is 78.9 Å². The van der Waals surface area contributed by atoms with Crippen molar-refractivity contribution in [1.29, 1.82) is 0 Å². The number of carbonyl (C=O) groups is 2. The van der Waals surface area contributed by atoms with Crippen LogP contribution in [-0.2, 0) is 11.3 Å². The van der Waals surface area contributed by atoms with Crippen molar-refractivity contribution in [2.24, 2.45) is 5.73 Å². The van der Waals surface area contributed by atoms with Gasteiger partial charge in [0.2, 0.25) is 0 Å². The fourth-order valence-corrected chi connectivity index (χ4v) is 4.22. The van der Waals surface area contributed by atoms with E-state index in [0.29, 0.717) is 12.1 Å². The fourth-order valence-electron chi connectivity index (χ4n) is 4.22. The normalized spacial score (nSPS) is 13.7. The second kappa shape index (κ2) is 12.1. The number of para-hydroxylation sites is 1. The summed E-state index contributed by atoms with van der Waals surface area (Å²) in [6, 6.07) is 25.0. The summed E-state index contributed by atoms with van der Waals surface area (Å²) in [6.45, 7) is 2.29. The molecule has 2 amide bonds. The number of hydrogen-bond donors (Lipinski definition) is 2. The molecule has 7 nitrogen and oxygen atoms in total. The highest BCUT2D eigenvalue weighted by Crippen LogP contribution is 2.33. The van der Waals surface area contributed by atoms with Crippen molar-refractivity contribution in [2.75, 3.05) is 31.3 Å². The van der Waals surface area contributed by atoms with E-state index in [1.165, 1.54) is 0 Å². The summed E-state index contributed by atoms with van der Waals surface area (Å²) in [6.07, 6.45) is 2.75. The van der Waals surface area contributed by atoms with Crippen LogP contribution in [0.25, 0.3) is 11.1 Å². The Balaban J connectivity index is 1.44. The van der Waals surface area contributed by atoms with E-state index in [1.54, 1.807) is 17.1 Å². The highest BCUT2D eigenvalue weighted by atomic mass is 16.6. The lowest BCUT2D eigenvalue weighted by molar-refractivity contribution is 0.0926. The average molecular weight is 473 g/mol. The predicted octanol–water partition coefficient (Wildman–Crippen LogP) is 4.59. The number of ether oxygens (including phenoxy) is 1. The van der Waals surface area contributed by atoms with Gasteiger partial charge in [0.15, 0.2) is 0 Å². The van der Waals surface area contributed by atoms with Crippen LogP contribution in [0.1, 0.15) is 35.2 Å². The average Bonchev–Trinajstić information content (AvgIpc) is 2.92. The first-order valence-corrected chi connectivity index (χ1v) is 12.1. The second-order valence-corrected chi connectivity index (χ2v) is 8.48. The Labute approximate surface area is 206 Å². The van der Waals surface area contributed by atoms with Gasteiger partial charge in [-0.05, 0) is 42.2 Å². The molecule has 0 radical (unpaired) electrons. The minimum atomic E-state index is -0.447. The number of piperidine rings is 1. The molecule has 3 N–H and O–H groups in total. The maximum Gasteiger partial charge on any atom is 0.429 e. The van der Waals surface area contributed by atoms with Crippen LogP contribution in [0.5, 0.6) is 0 Å². The van der Waals surface area contributed by atoms with Gasteiger partial charge in [0, 0.05) is 30.8 Å². The molecule has 3 aromatic carbocycles. The SMILES string of the molecule is NCc1ccc(C(=O)NCCOC(=O)N(c2ccccc2-c2ccccc2)N2CCCCC2)cc1. The minimum Gasteiger partial charge on any atom is -0.446 e. The van der Waals surface area contributed by atoms with Crippen LogP contribution < -0.4 is 16.1 Å². The van der Waals surface area contributed by atoms with Gasteiger partial charge < -0.3 is 15.8 Å². The summed E-state index contributed by atoms with van der Waals surface area (Å²) in [5.74, 6) is -0.216. The zero-order valence-electron chi connectivity index (χ0n) is 19.9. The Morgan fingerprint density at radius 3 is 2.29 bits per heavy atom. The molecule has 0 bridgehead atoms. The van der Waals surface area contributed by atoms with E-state index < -0.39 is 6.09 Å². The number of nitrogens with two attached hydrogens (primary N) is 1. The van der Waals surface area contributed by atoms with Gasteiger partial charge in [0.25, 0.3) is 5.91 Å². The van der Waals surface area contributed by atoms with Gasteiger partial charge in [-0.15, -0.1) is 0 Å². The van der Waals surface area contributed by atoms with Gasteiger partial charge in [-0.3, -0.25) is 4.79 Å². The summed E-state index contributed by atoms with van der Waals surface area (Å²) < 4.78 is 5.64. The number of carbonyl (C=O) groups excluding carboxylic acids is 2. The smallest absolute Gasteiger partial charge is 0.429 e. The van der Waals surface area contributed by atoms with Crippen molar-refractivity contribution in [3.8, 4) is 11.1 Å². The van der Waals surface area contributed by atoms with E-state index in [0.717, 1.165) is 54.7 Å². The largest absolute Gasteiger partial charge is 0.446 e. The summed E-state index contributed by atoms with van der Waals surface area (Å²) in [7, 11) is 0. The lowest BCUT2D eigenvalue weighted by Gasteiger charge is -2.37. The Hall–Kier alpha value is -3.68. The molecule has 0 spiro atoms. The van der Waals surface area contributed by atoms with Gasteiger partial charge in [-0.2, -0.15) is 0 Å². The highest BCUT2D eigenvalue weighted by Gasteiger charge is 2.28. The molecule has 35 heavy (non-hydrogen) atoms. The second-order valence-electron chi connectivity index (χ2n) is 8.48. The minimum absolute atomic E-state index is 0.0727. The number of hydrazine groups is 1. The van der Waals surface area contributed by atoms with Crippen molar-refractivity contribution in [3.05, 3.63) is 90.0 Å². The van der Waals surface area contributed by atoms with Crippen molar-refractivity contribution in [3.63, 3.8) is 0 Å². The Morgan fingerprint density at radius 1 is 0.886 bits per heavy atom. The van der Waals surface area contributed by atoms with Gasteiger partial charge in [0.05, 0.1) is 12.2 Å². The number of benzene rings is 3. The number of nitrogens with zero attached hydrogens (tertiary/aromatic N) is 2. The van der Waals surface area contributed by atoms with E-state index >= 15 is 0 Å². The van der Waals surface area contributed by atoms with Crippen molar-refractivity contribution >= 4 is 17.7 Å². The van der Waals surface area contributed by atoms with Crippen LogP contribution in [0, 0.1) is 0 Å². The van der Waals surface area contributed by atoms with Crippen LogP contribution in [0.4, 0.5) is 10.5 Å². The van der Waals surface area contributed by atoms with E-state index in [-0.39, 0.29) is 19.1 Å². The summed E-state index contributed by atoms with van der Waals surface area (Å²) in [4.78, 5) is 25.7. The highest BCUT2D eigenvalue weighted by molar-refractivity contribution is 5.94. The fraction of sp³-hybridized carbons (Fsp3) is 0.286. The molecule has 0 saturated carbocycles. The van der Waals surface area contributed by atoms with Crippen LogP contribution >= 0.6 is 0 Å². The van der Waals surface area contributed by atoms with Crippen molar-refractivity contribution < 1.29 is 14.3 Å². The molecule has 1 saturated heterocycles. The van der Waals surface area contributed by atoms with E-state index in [1.807, 2.05) is 66.7 Å². The first-order chi connectivity index (χ1) is 17.2. The molecule has 0 atom stereocenters. The molecule has 4 rings (SSSR count).